The molecule has 0 amide bonds. The van der Waals surface area contributed by atoms with Gasteiger partial charge in [0.05, 0.1) is 16.6 Å². The number of hydrogen-bond acceptors (Lipinski definition) is 4. The molecule has 172 valence electrons. The zero-order valence-electron chi connectivity index (χ0n) is 19.6. The monoisotopic (exact) mass is 470 g/mol. The van der Waals surface area contributed by atoms with Gasteiger partial charge in [0.2, 0.25) is 0 Å². The van der Waals surface area contributed by atoms with Gasteiger partial charge in [0.15, 0.2) is 0 Å². The number of anilines is 1. The molecule has 1 N–H and O–H groups in total. The third-order valence-electron chi connectivity index (χ3n) is 5.75. The predicted molar refractivity (Wildman–Crippen MR) is 140 cm³/mol. The van der Waals surface area contributed by atoms with E-state index in [-0.39, 0.29) is 0 Å². The van der Waals surface area contributed by atoms with E-state index in [2.05, 4.69) is 40.9 Å². The smallest absolute Gasteiger partial charge is 0.149 e. The molecule has 0 saturated heterocycles. The Labute approximate surface area is 205 Å². The molecule has 4 aromatic rings. The SMILES string of the molecule is CCN(CC)c1ccc(/C=C(/C#N)c2nc3ccc(C)cc3[nH]2)c(OCc2ccc(Cl)cc2)c1. The summed E-state index contributed by atoms with van der Waals surface area (Å²) in [7, 11) is 0. The van der Waals surface area contributed by atoms with Gasteiger partial charge in [-0.15, -0.1) is 0 Å². The van der Waals surface area contributed by atoms with E-state index in [1.165, 1.54) is 0 Å². The molecule has 0 unspecified atom stereocenters. The highest BCUT2D eigenvalue weighted by Crippen LogP contribution is 2.30. The first-order chi connectivity index (χ1) is 16.5. The van der Waals surface area contributed by atoms with Gasteiger partial charge in [0.1, 0.15) is 24.3 Å². The number of benzene rings is 3. The summed E-state index contributed by atoms with van der Waals surface area (Å²) in [5, 5.41) is 10.6. The summed E-state index contributed by atoms with van der Waals surface area (Å²) in [6.45, 7) is 8.47. The Balaban J connectivity index is 1.72. The van der Waals surface area contributed by atoms with E-state index < -0.39 is 0 Å². The maximum absolute atomic E-state index is 9.92. The highest BCUT2D eigenvalue weighted by molar-refractivity contribution is 6.30. The predicted octanol–water partition coefficient (Wildman–Crippen LogP) is 7.01. The van der Waals surface area contributed by atoms with Crippen molar-refractivity contribution in [3.05, 3.63) is 88.2 Å². The third kappa shape index (κ3) is 5.24. The van der Waals surface area contributed by atoms with Gasteiger partial charge >= 0.3 is 0 Å². The first kappa shape index (κ1) is 23.4. The molecule has 0 radical (unpaired) electrons. The van der Waals surface area contributed by atoms with Crippen LogP contribution in [0.15, 0.2) is 60.7 Å². The summed E-state index contributed by atoms with van der Waals surface area (Å²) >= 11 is 6.02. The maximum Gasteiger partial charge on any atom is 0.149 e. The second-order valence-corrected chi connectivity index (χ2v) is 8.52. The van der Waals surface area contributed by atoms with Crippen LogP contribution < -0.4 is 9.64 Å². The van der Waals surface area contributed by atoms with Crippen LogP contribution in [0.3, 0.4) is 0 Å². The van der Waals surface area contributed by atoms with Gasteiger partial charge in [0, 0.05) is 35.4 Å². The number of imidazole rings is 1. The van der Waals surface area contributed by atoms with Gasteiger partial charge in [-0.25, -0.2) is 4.98 Å². The number of nitrogens with zero attached hydrogens (tertiary/aromatic N) is 3. The average molecular weight is 471 g/mol. The maximum atomic E-state index is 9.92. The van der Waals surface area contributed by atoms with E-state index in [1.54, 1.807) is 0 Å². The lowest BCUT2D eigenvalue weighted by Gasteiger charge is -2.22. The number of hydrogen-bond donors (Lipinski definition) is 1. The Kier molecular flexibility index (Phi) is 7.20. The summed E-state index contributed by atoms with van der Waals surface area (Å²) < 4.78 is 6.24. The van der Waals surface area contributed by atoms with Gasteiger partial charge in [-0.2, -0.15) is 5.26 Å². The third-order valence-corrected chi connectivity index (χ3v) is 6.00. The number of aromatic amines is 1. The molecule has 0 fully saturated rings. The number of rotatable bonds is 8. The van der Waals surface area contributed by atoms with Crippen molar-refractivity contribution >= 4 is 40.0 Å². The van der Waals surface area contributed by atoms with Gasteiger partial charge in [-0.3, -0.25) is 0 Å². The molecular weight excluding hydrogens is 444 g/mol. The molecule has 0 bridgehead atoms. The van der Waals surface area contributed by atoms with Gasteiger partial charge in [-0.1, -0.05) is 29.8 Å². The molecule has 6 heteroatoms. The zero-order chi connectivity index (χ0) is 24.1. The Bertz CT molecular complexity index is 1360. The van der Waals surface area contributed by atoms with Crippen LogP contribution in [0.1, 0.15) is 36.4 Å². The Hall–Kier alpha value is -3.75. The van der Waals surface area contributed by atoms with E-state index in [0.29, 0.717) is 28.8 Å². The quantitative estimate of drug-likeness (QED) is 0.281. The molecule has 1 heterocycles. The largest absolute Gasteiger partial charge is 0.488 e. The fourth-order valence-corrected chi connectivity index (χ4v) is 3.98. The number of H-pyrrole nitrogens is 1. The highest BCUT2D eigenvalue weighted by Gasteiger charge is 2.12. The molecule has 3 aromatic carbocycles. The van der Waals surface area contributed by atoms with Crippen LogP contribution in [0.25, 0.3) is 22.7 Å². The van der Waals surface area contributed by atoms with Crippen molar-refractivity contribution in [2.24, 2.45) is 0 Å². The van der Waals surface area contributed by atoms with Gasteiger partial charge < -0.3 is 14.6 Å². The molecule has 4 rings (SSSR count). The molecule has 0 aliphatic heterocycles. The standard InChI is InChI=1S/C28H27ClN4O/c1-4-33(5-2)24-12-9-21(27(16-24)34-18-20-7-10-23(29)11-8-20)15-22(17-30)28-31-25-13-6-19(3)14-26(25)32-28/h6-16H,4-5,18H2,1-3H3,(H,31,32)/b22-15-. The van der Waals surface area contributed by atoms with Crippen LogP contribution in [0.2, 0.25) is 5.02 Å². The lowest BCUT2D eigenvalue weighted by Crippen LogP contribution is -2.21. The average Bonchev–Trinajstić information content (AvgIpc) is 3.26. The normalized spacial score (nSPS) is 11.4. The molecule has 1 aromatic heterocycles. The summed E-state index contributed by atoms with van der Waals surface area (Å²) in [5.41, 5.74) is 6.23. The van der Waals surface area contributed by atoms with Crippen LogP contribution in [-0.2, 0) is 6.61 Å². The number of aryl methyl sites for hydroxylation is 1. The molecule has 5 nitrogen and oxygen atoms in total. The molecule has 0 saturated carbocycles. The van der Waals surface area contributed by atoms with E-state index in [4.69, 9.17) is 16.3 Å². The Morgan fingerprint density at radius 2 is 1.85 bits per heavy atom. The minimum atomic E-state index is 0.394. The fourth-order valence-electron chi connectivity index (χ4n) is 3.85. The van der Waals surface area contributed by atoms with Crippen molar-refractivity contribution in [2.75, 3.05) is 18.0 Å². The van der Waals surface area contributed by atoms with Crippen molar-refractivity contribution in [1.29, 1.82) is 5.26 Å². The minimum absolute atomic E-state index is 0.394. The number of aromatic nitrogens is 2. The van der Waals surface area contributed by atoms with Crippen LogP contribution in [0.4, 0.5) is 5.69 Å². The van der Waals surface area contributed by atoms with Crippen LogP contribution >= 0.6 is 11.6 Å². The van der Waals surface area contributed by atoms with Crippen molar-refractivity contribution in [3.8, 4) is 11.8 Å². The highest BCUT2D eigenvalue weighted by atomic mass is 35.5. The summed E-state index contributed by atoms with van der Waals surface area (Å²) in [6, 6.07) is 22.0. The van der Waals surface area contributed by atoms with Gasteiger partial charge in [-0.05, 0) is 74.4 Å². The number of nitriles is 1. The number of nitrogens with one attached hydrogen (secondary N) is 1. The van der Waals surface area contributed by atoms with Crippen molar-refractivity contribution in [3.63, 3.8) is 0 Å². The first-order valence-corrected chi connectivity index (χ1v) is 11.7. The lowest BCUT2D eigenvalue weighted by molar-refractivity contribution is 0.305. The van der Waals surface area contributed by atoms with E-state index in [1.807, 2.05) is 67.6 Å². The fraction of sp³-hybridized carbons (Fsp3) is 0.214. The minimum Gasteiger partial charge on any atom is -0.488 e. The molecular formula is C28H27ClN4O. The van der Waals surface area contributed by atoms with E-state index >= 15 is 0 Å². The van der Waals surface area contributed by atoms with Crippen molar-refractivity contribution < 1.29 is 4.74 Å². The van der Waals surface area contributed by atoms with Crippen LogP contribution in [0, 0.1) is 18.3 Å². The lowest BCUT2D eigenvalue weighted by atomic mass is 10.1. The van der Waals surface area contributed by atoms with E-state index in [0.717, 1.165) is 46.5 Å². The summed E-state index contributed by atoms with van der Waals surface area (Å²) in [5.74, 6) is 1.25. The number of halogens is 1. The van der Waals surface area contributed by atoms with Crippen molar-refractivity contribution in [1.82, 2.24) is 9.97 Å². The molecule has 0 aliphatic carbocycles. The molecule has 0 spiro atoms. The summed E-state index contributed by atoms with van der Waals surface area (Å²) in [6.07, 6.45) is 1.83. The molecule has 34 heavy (non-hydrogen) atoms. The van der Waals surface area contributed by atoms with Crippen LogP contribution in [-0.4, -0.2) is 23.1 Å². The topological polar surface area (TPSA) is 64.9 Å². The summed E-state index contributed by atoms with van der Waals surface area (Å²) in [4.78, 5) is 10.2. The van der Waals surface area contributed by atoms with Crippen molar-refractivity contribution in [2.45, 2.75) is 27.4 Å². The number of fused-ring (bicyclic) bond motifs is 1. The Morgan fingerprint density at radius 3 is 2.56 bits per heavy atom. The second-order valence-electron chi connectivity index (χ2n) is 8.09. The Morgan fingerprint density at radius 1 is 1.09 bits per heavy atom. The number of ether oxygens (including phenoxy) is 1. The zero-order valence-corrected chi connectivity index (χ0v) is 20.4. The molecule has 0 atom stereocenters. The number of allylic oxidation sites excluding steroid dienone is 1. The molecule has 0 aliphatic rings. The first-order valence-electron chi connectivity index (χ1n) is 11.4. The van der Waals surface area contributed by atoms with E-state index in [9.17, 15) is 5.26 Å². The van der Waals surface area contributed by atoms with Crippen LogP contribution in [0.5, 0.6) is 5.75 Å². The second kappa shape index (κ2) is 10.5. The van der Waals surface area contributed by atoms with Gasteiger partial charge in [0.25, 0.3) is 0 Å².